The van der Waals surface area contributed by atoms with Crippen LogP contribution in [-0.2, 0) is 0 Å². The minimum Gasteiger partial charge on any atom is -0.329 e. The summed E-state index contributed by atoms with van der Waals surface area (Å²) in [5.74, 6) is 0. The van der Waals surface area contributed by atoms with E-state index in [1.54, 1.807) is 0 Å². The monoisotopic (exact) mass is 296 g/mol. The highest BCUT2D eigenvalue weighted by Gasteiger charge is 2.39. The molecule has 2 rings (SSSR count). The second-order valence-electron chi connectivity index (χ2n) is 7.56. The zero-order valence-electron chi connectivity index (χ0n) is 14.6. The molecule has 1 unspecified atom stereocenters. The van der Waals surface area contributed by atoms with E-state index in [4.69, 9.17) is 5.73 Å². The number of piperidine rings is 1. The van der Waals surface area contributed by atoms with Crippen LogP contribution in [0.2, 0.25) is 0 Å². The van der Waals surface area contributed by atoms with Gasteiger partial charge in [-0.05, 0) is 79.7 Å². The van der Waals surface area contributed by atoms with Gasteiger partial charge in [0.2, 0.25) is 0 Å². The predicted molar refractivity (Wildman–Crippen MR) is 90.6 cm³/mol. The van der Waals surface area contributed by atoms with Crippen LogP contribution in [-0.4, -0.2) is 79.1 Å². The molecular formula is C17H36N4. The number of likely N-dealkylation sites (tertiary alicyclic amines) is 2. The van der Waals surface area contributed by atoms with Crippen molar-refractivity contribution in [2.24, 2.45) is 5.73 Å². The average molecular weight is 297 g/mol. The summed E-state index contributed by atoms with van der Waals surface area (Å²) in [6.07, 6.45) is 6.36. The summed E-state index contributed by atoms with van der Waals surface area (Å²) in [7, 11) is 4.58. The summed E-state index contributed by atoms with van der Waals surface area (Å²) in [5, 5.41) is 0. The Morgan fingerprint density at radius 3 is 2.38 bits per heavy atom. The molecule has 2 heterocycles. The van der Waals surface area contributed by atoms with E-state index in [1.807, 2.05) is 0 Å². The number of nitrogens with two attached hydrogens (primary N) is 1. The molecule has 0 saturated carbocycles. The van der Waals surface area contributed by atoms with Crippen LogP contribution >= 0.6 is 0 Å². The van der Waals surface area contributed by atoms with Crippen molar-refractivity contribution < 1.29 is 0 Å². The largest absolute Gasteiger partial charge is 0.329 e. The standard InChI is InChI=1S/C17H36N4/c1-15(2)21-10-5-8-17(14-18,9-13-21)20(4)16-6-11-19(3)12-7-16/h15-16H,5-14,18H2,1-4H3. The molecule has 2 aliphatic rings. The van der Waals surface area contributed by atoms with E-state index in [0.717, 1.165) is 12.6 Å². The fraction of sp³-hybridized carbons (Fsp3) is 1.00. The van der Waals surface area contributed by atoms with E-state index >= 15 is 0 Å². The molecule has 2 fully saturated rings. The van der Waals surface area contributed by atoms with Crippen LogP contribution in [0.3, 0.4) is 0 Å². The van der Waals surface area contributed by atoms with Gasteiger partial charge in [0, 0.05) is 30.7 Å². The van der Waals surface area contributed by atoms with Gasteiger partial charge in [-0.15, -0.1) is 0 Å². The molecule has 0 aromatic rings. The fourth-order valence-electron chi connectivity index (χ4n) is 4.19. The van der Waals surface area contributed by atoms with Crippen molar-refractivity contribution in [1.29, 1.82) is 0 Å². The Balaban J connectivity index is 2.02. The molecule has 0 spiro atoms. The van der Waals surface area contributed by atoms with Gasteiger partial charge in [0.05, 0.1) is 0 Å². The highest BCUT2D eigenvalue weighted by atomic mass is 15.3. The molecule has 2 saturated heterocycles. The van der Waals surface area contributed by atoms with Crippen molar-refractivity contribution >= 4 is 0 Å². The minimum absolute atomic E-state index is 0.226. The zero-order valence-corrected chi connectivity index (χ0v) is 14.6. The van der Waals surface area contributed by atoms with Gasteiger partial charge < -0.3 is 15.5 Å². The summed E-state index contributed by atoms with van der Waals surface area (Å²) in [6.45, 7) is 10.3. The van der Waals surface area contributed by atoms with E-state index < -0.39 is 0 Å². The number of hydrogen-bond donors (Lipinski definition) is 1. The molecule has 0 amide bonds. The van der Waals surface area contributed by atoms with E-state index in [1.165, 1.54) is 58.3 Å². The minimum atomic E-state index is 0.226. The Hall–Kier alpha value is -0.160. The number of hydrogen-bond acceptors (Lipinski definition) is 4. The first kappa shape index (κ1) is 17.2. The molecule has 4 nitrogen and oxygen atoms in total. The number of nitrogens with zero attached hydrogens (tertiary/aromatic N) is 3. The summed E-state index contributed by atoms with van der Waals surface area (Å²) in [4.78, 5) is 7.75. The van der Waals surface area contributed by atoms with Gasteiger partial charge in [-0.2, -0.15) is 0 Å². The van der Waals surface area contributed by atoms with Gasteiger partial charge in [-0.3, -0.25) is 4.90 Å². The van der Waals surface area contributed by atoms with Crippen LogP contribution in [0.1, 0.15) is 46.0 Å². The lowest BCUT2D eigenvalue weighted by Crippen LogP contribution is -2.58. The zero-order chi connectivity index (χ0) is 15.5. The van der Waals surface area contributed by atoms with Gasteiger partial charge in [0.15, 0.2) is 0 Å². The summed E-state index contributed by atoms with van der Waals surface area (Å²) < 4.78 is 0. The van der Waals surface area contributed by atoms with E-state index in [2.05, 4.69) is 42.6 Å². The normalized spacial score (nSPS) is 31.0. The molecule has 21 heavy (non-hydrogen) atoms. The van der Waals surface area contributed by atoms with Crippen molar-refractivity contribution in [1.82, 2.24) is 14.7 Å². The van der Waals surface area contributed by atoms with Crippen LogP contribution in [0.4, 0.5) is 0 Å². The van der Waals surface area contributed by atoms with Crippen LogP contribution in [0.5, 0.6) is 0 Å². The summed E-state index contributed by atoms with van der Waals surface area (Å²) >= 11 is 0. The third-order valence-corrected chi connectivity index (χ3v) is 6.05. The van der Waals surface area contributed by atoms with Crippen LogP contribution in [0.15, 0.2) is 0 Å². The SMILES string of the molecule is CC(C)N1CCCC(CN)(N(C)C2CCN(C)CC2)CC1. The topological polar surface area (TPSA) is 35.7 Å². The van der Waals surface area contributed by atoms with Gasteiger partial charge in [0.1, 0.15) is 0 Å². The molecule has 124 valence electrons. The number of likely N-dealkylation sites (N-methyl/N-ethyl adjacent to an activating group) is 1. The molecule has 0 aromatic heterocycles. The molecule has 0 aliphatic carbocycles. The van der Waals surface area contributed by atoms with Crippen molar-refractivity contribution in [3.63, 3.8) is 0 Å². The maximum absolute atomic E-state index is 6.29. The van der Waals surface area contributed by atoms with Gasteiger partial charge in [0.25, 0.3) is 0 Å². The Morgan fingerprint density at radius 2 is 1.81 bits per heavy atom. The van der Waals surface area contributed by atoms with Crippen molar-refractivity contribution in [3.05, 3.63) is 0 Å². The molecule has 0 aromatic carbocycles. The maximum atomic E-state index is 6.29. The first-order valence-corrected chi connectivity index (χ1v) is 8.84. The molecule has 0 radical (unpaired) electrons. The Labute approximate surface area is 131 Å². The smallest absolute Gasteiger partial charge is 0.0344 e. The highest BCUT2D eigenvalue weighted by molar-refractivity contribution is 4.97. The van der Waals surface area contributed by atoms with Crippen molar-refractivity contribution in [3.8, 4) is 0 Å². The second kappa shape index (κ2) is 7.40. The highest BCUT2D eigenvalue weighted by Crippen LogP contribution is 2.31. The van der Waals surface area contributed by atoms with Gasteiger partial charge in [-0.1, -0.05) is 0 Å². The average Bonchev–Trinajstić information content (AvgIpc) is 2.71. The Kier molecular flexibility index (Phi) is 6.06. The van der Waals surface area contributed by atoms with E-state index in [-0.39, 0.29) is 5.54 Å². The molecule has 0 bridgehead atoms. The summed E-state index contributed by atoms with van der Waals surface area (Å²) in [6, 6.07) is 1.38. The number of rotatable bonds is 4. The quantitative estimate of drug-likeness (QED) is 0.855. The lowest BCUT2D eigenvalue weighted by Gasteiger charge is -2.47. The van der Waals surface area contributed by atoms with Crippen molar-refractivity contribution in [2.45, 2.75) is 63.6 Å². The fourth-order valence-corrected chi connectivity index (χ4v) is 4.19. The predicted octanol–water partition coefficient (Wildman–Crippen LogP) is 1.60. The lowest BCUT2D eigenvalue weighted by atomic mass is 9.86. The first-order chi connectivity index (χ1) is 9.98. The Bertz CT molecular complexity index is 312. The first-order valence-electron chi connectivity index (χ1n) is 8.84. The van der Waals surface area contributed by atoms with E-state index in [0.29, 0.717) is 6.04 Å². The molecular weight excluding hydrogens is 260 g/mol. The van der Waals surface area contributed by atoms with Gasteiger partial charge >= 0.3 is 0 Å². The van der Waals surface area contributed by atoms with E-state index in [9.17, 15) is 0 Å². The molecule has 4 heteroatoms. The molecule has 1 atom stereocenters. The Morgan fingerprint density at radius 1 is 1.14 bits per heavy atom. The molecule has 2 N–H and O–H groups in total. The maximum Gasteiger partial charge on any atom is 0.0344 e. The van der Waals surface area contributed by atoms with Crippen LogP contribution < -0.4 is 5.73 Å². The van der Waals surface area contributed by atoms with Crippen LogP contribution in [0, 0.1) is 0 Å². The third-order valence-electron chi connectivity index (χ3n) is 6.05. The van der Waals surface area contributed by atoms with Crippen molar-refractivity contribution in [2.75, 3.05) is 46.8 Å². The van der Waals surface area contributed by atoms with Crippen LogP contribution in [0.25, 0.3) is 0 Å². The third kappa shape index (κ3) is 3.98. The summed E-state index contributed by atoms with van der Waals surface area (Å²) in [5.41, 5.74) is 6.52. The molecule has 2 aliphatic heterocycles. The lowest BCUT2D eigenvalue weighted by molar-refractivity contribution is 0.0325. The second-order valence-corrected chi connectivity index (χ2v) is 7.56. The van der Waals surface area contributed by atoms with Gasteiger partial charge in [-0.25, -0.2) is 0 Å².